The molecule has 0 heterocycles. The molecule has 0 aliphatic carbocycles. The van der Waals surface area contributed by atoms with Crippen LogP contribution in [-0.2, 0) is 0 Å². The molecular weight excluding hydrogens is 362 g/mol. The van der Waals surface area contributed by atoms with Gasteiger partial charge in [-0.25, -0.2) is 5.43 Å². The van der Waals surface area contributed by atoms with Crippen LogP contribution in [0.15, 0.2) is 83.0 Å². The predicted molar refractivity (Wildman–Crippen MR) is 119 cm³/mol. The second-order valence-corrected chi connectivity index (χ2v) is 6.95. The maximum absolute atomic E-state index is 12.2. The smallest absolute Gasteiger partial charge is 0.271 e. The second-order valence-electron chi connectivity index (χ2n) is 6.95. The molecule has 2 aromatic rings. The van der Waals surface area contributed by atoms with Gasteiger partial charge in [-0.2, -0.15) is 5.10 Å². The Balaban J connectivity index is 1.84. The number of nitrogens with one attached hydrogen (secondary N) is 2. The number of rotatable bonds is 8. The first kappa shape index (κ1) is 21.8. The first-order chi connectivity index (χ1) is 14.0. The quantitative estimate of drug-likeness (QED) is 0.363. The fourth-order valence-corrected chi connectivity index (χ4v) is 2.49. The highest BCUT2D eigenvalue weighted by Gasteiger charge is 2.07. The molecule has 5 heteroatoms. The fraction of sp³-hybridized carbons (Fsp3) is 0.208. The highest BCUT2D eigenvalue weighted by atomic mass is 16.2. The average molecular weight is 389 g/mol. The normalized spacial score (nSPS) is 11.2. The molecular formula is C24H27N3O2. The van der Waals surface area contributed by atoms with Gasteiger partial charge < -0.3 is 5.32 Å². The van der Waals surface area contributed by atoms with Crippen molar-refractivity contribution in [2.24, 2.45) is 5.10 Å². The molecule has 0 radical (unpaired) electrons. The van der Waals surface area contributed by atoms with E-state index in [9.17, 15) is 9.59 Å². The van der Waals surface area contributed by atoms with Gasteiger partial charge in [-0.3, -0.25) is 9.59 Å². The summed E-state index contributed by atoms with van der Waals surface area (Å²) in [4.78, 5) is 24.3. The molecule has 0 bridgehead atoms. The van der Waals surface area contributed by atoms with Gasteiger partial charge in [-0.1, -0.05) is 35.4 Å². The van der Waals surface area contributed by atoms with E-state index in [0.29, 0.717) is 16.8 Å². The van der Waals surface area contributed by atoms with Crippen molar-refractivity contribution in [3.8, 4) is 0 Å². The van der Waals surface area contributed by atoms with Crippen LogP contribution in [0.2, 0.25) is 0 Å². The lowest BCUT2D eigenvalue weighted by Crippen LogP contribution is -2.17. The summed E-state index contributed by atoms with van der Waals surface area (Å²) < 4.78 is 0. The number of hydrogen-bond acceptors (Lipinski definition) is 3. The number of benzene rings is 2. The highest BCUT2D eigenvalue weighted by Crippen LogP contribution is 2.11. The van der Waals surface area contributed by atoms with E-state index in [4.69, 9.17) is 0 Å². The molecule has 29 heavy (non-hydrogen) atoms. The minimum Gasteiger partial charge on any atom is -0.322 e. The van der Waals surface area contributed by atoms with Gasteiger partial charge in [-0.15, -0.1) is 0 Å². The molecule has 0 aliphatic rings. The van der Waals surface area contributed by atoms with E-state index in [1.54, 1.807) is 42.6 Å². The number of allylic oxidation sites excluding steroid dienone is 4. The third-order valence-corrected chi connectivity index (χ3v) is 4.13. The Kier molecular flexibility index (Phi) is 8.57. The Labute approximate surface area is 172 Å². The molecule has 0 aromatic heterocycles. The van der Waals surface area contributed by atoms with E-state index >= 15 is 0 Å². The van der Waals surface area contributed by atoms with Gasteiger partial charge in [0.2, 0.25) is 0 Å². The van der Waals surface area contributed by atoms with Crippen LogP contribution in [0.3, 0.4) is 0 Å². The summed E-state index contributed by atoms with van der Waals surface area (Å²) >= 11 is 0. The lowest BCUT2D eigenvalue weighted by molar-refractivity contribution is 0.0954. The standard InChI is InChI=1S/C24H27N3O2/c1-18(2)8-7-9-19(3)16-17-25-27-24(29)21-12-14-22(15-13-21)26-23(28)20-10-5-4-6-11-20/h4-6,8,10-17H,7,9H2,1-3H3,(H,26,28)(H,27,29). The van der Waals surface area contributed by atoms with E-state index in [-0.39, 0.29) is 11.8 Å². The molecule has 2 aromatic carbocycles. The third kappa shape index (κ3) is 7.97. The van der Waals surface area contributed by atoms with Crippen molar-refractivity contribution in [1.82, 2.24) is 5.43 Å². The van der Waals surface area contributed by atoms with E-state index in [0.717, 1.165) is 12.8 Å². The molecule has 2 amide bonds. The lowest BCUT2D eigenvalue weighted by atomic mass is 10.1. The number of carbonyl (C=O) groups is 2. The Morgan fingerprint density at radius 1 is 0.897 bits per heavy atom. The van der Waals surface area contributed by atoms with Crippen LogP contribution in [0.1, 0.15) is 54.3 Å². The largest absolute Gasteiger partial charge is 0.322 e. The molecule has 0 unspecified atom stereocenters. The molecule has 5 nitrogen and oxygen atoms in total. The van der Waals surface area contributed by atoms with E-state index in [1.807, 2.05) is 31.2 Å². The SMILES string of the molecule is CC(C)=CCCC(C)=CC=NNC(=O)c1ccc(NC(=O)c2ccccc2)cc1. The minimum atomic E-state index is -0.308. The van der Waals surface area contributed by atoms with Crippen LogP contribution in [0.4, 0.5) is 5.69 Å². The monoisotopic (exact) mass is 389 g/mol. The summed E-state index contributed by atoms with van der Waals surface area (Å²) in [6.45, 7) is 6.20. The van der Waals surface area contributed by atoms with Crippen LogP contribution in [0, 0.1) is 0 Å². The predicted octanol–water partition coefficient (Wildman–Crippen LogP) is 5.35. The zero-order chi connectivity index (χ0) is 21.1. The molecule has 150 valence electrons. The van der Waals surface area contributed by atoms with Gasteiger partial charge >= 0.3 is 0 Å². The van der Waals surface area contributed by atoms with Crippen molar-refractivity contribution in [2.75, 3.05) is 5.32 Å². The molecule has 0 saturated heterocycles. The molecule has 0 atom stereocenters. The van der Waals surface area contributed by atoms with Gasteiger partial charge in [0.15, 0.2) is 0 Å². The Hall–Kier alpha value is -3.47. The van der Waals surface area contributed by atoms with Gasteiger partial charge in [0.25, 0.3) is 11.8 Å². The zero-order valence-electron chi connectivity index (χ0n) is 17.1. The molecule has 2 rings (SSSR count). The zero-order valence-corrected chi connectivity index (χ0v) is 17.1. The molecule has 0 fully saturated rings. The van der Waals surface area contributed by atoms with E-state index < -0.39 is 0 Å². The van der Waals surface area contributed by atoms with Crippen molar-refractivity contribution < 1.29 is 9.59 Å². The first-order valence-corrected chi connectivity index (χ1v) is 9.54. The number of anilines is 1. The van der Waals surface area contributed by atoms with Crippen molar-refractivity contribution in [2.45, 2.75) is 33.6 Å². The maximum Gasteiger partial charge on any atom is 0.271 e. The highest BCUT2D eigenvalue weighted by molar-refractivity contribution is 6.04. The molecule has 0 aliphatic heterocycles. The molecule has 0 spiro atoms. The summed E-state index contributed by atoms with van der Waals surface area (Å²) in [5, 5.41) is 6.76. The van der Waals surface area contributed by atoms with E-state index in [1.165, 1.54) is 11.1 Å². The molecule has 2 N–H and O–H groups in total. The first-order valence-electron chi connectivity index (χ1n) is 9.54. The summed E-state index contributed by atoms with van der Waals surface area (Å²) in [6.07, 6.45) is 7.63. The van der Waals surface area contributed by atoms with Gasteiger partial charge in [0.05, 0.1) is 0 Å². The number of hydrogen-bond donors (Lipinski definition) is 2. The minimum absolute atomic E-state index is 0.195. The number of hydrazone groups is 1. The fourth-order valence-electron chi connectivity index (χ4n) is 2.49. The summed E-state index contributed by atoms with van der Waals surface area (Å²) in [5.41, 5.74) is 6.66. The molecule has 0 saturated carbocycles. The van der Waals surface area contributed by atoms with Gasteiger partial charge in [-0.05, 0) is 76.1 Å². The van der Waals surface area contributed by atoms with Gasteiger partial charge in [0, 0.05) is 23.0 Å². The summed E-state index contributed by atoms with van der Waals surface area (Å²) in [7, 11) is 0. The van der Waals surface area contributed by atoms with Crippen molar-refractivity contribution in [3.63, 3.8) is 0 Å². The second kappa shape index (κ2) is 11.4. The van der Waals surface area contributed by atoms with E-state index in [2.05, 4.69) is 35.8 Å². The number of carbonyl (C=O) groups excluding carboxylic acids is 2. The lowest BCUT2D eigenvalue weighted by Gasteiger charge is -2.06. The summed E-state index contributed by atoms with van der Waals surface area (Å²) in [5.74, 6) is -0.503. The topological polar surface area (TPSA) is 70.6 Å². The number of nitrogens with zero attached hydrogens (tertiary/aromatic N) is 1. The Bertz CT molecular complexity index is 907. The average Bonchev–Trinajstić information content (AvgIpc) is 2.72. The van der Waals surface area contributed by atoms with Crippen molar-refractivity contribution in [3.05, 3.63) is 89.0 Å². The van der Waals surface area contributed by atoms with Crippen LogP contribution in [0.25, 0.3) is 0 Å². The van der Waals surface area contributed by atoms with Gasteiger partial charge in [0.1, 0.15) is 0 Å². The van der Waals surface area contributed by atoms with Crippen LogP contribution in [-0.4, -0.2) is 18.0 Å². The number of amides is 2. The Morgan fingerprint density at radius 3 is 2.21 bits per heavy atom. The summed E-state index contributed by atoms with van der Waals surface area (Å²) in [6, 6.07) is 15.6. The van der Waals surface area contributed by atoms with Crippen LogP contribution >= 0.6 is 0 Å². The van der Waals surface area contributed by atoms with Crippen LogP contribution in [0.5, 0.6) is 0 Å². The van der Waals surface area contributed by atoms with Crippen molar-refractivity contribution >= 4 is 23.7 Å². The van der Waals surface area contributed by atoms with Crippen LogP contribution < -0.4 is 10.7 Å². The Morgan fingerprint density at radius 2 is 1.55 bits per heavy atom. The van der Waals surface area contributed by atoms with Crippen molar-refractivity contribution in [1.29, 1.82) is 0 Å². The maximum atomic E-state index is 12.2. The third-order valence-electron chi connectivity index (χ3n) is 4.13.